The van der Waals surface area contributed by atoms with Gasteiger partial charge in [-0.2, -0.15) is 11.3 Å². The third kappa shape index (κ3) is 3.54. The Bertz CT molecular complexity index is 376. The number of hydrogen-bond donors (Lipinski definition) is 2. The van der Waals surface area contributed by atoms with Crippen molar-refractivity contribution in [3.05, 3.63) is 22.4 Å². The summed E-state index contributed by atoms with van der Waals surface area (Å²) in [6.07, 6.45) is 1.74. The van der Waals surface area contributed by atoms with Gasteiger partial charge in [-0.1, -0.05) is 0 Å². The van der Waals surface area contributed by atoms with Gasteiger partial charge in [-0.3, -0.25) is 4.79 Å². The predicted octanol–water partition coefficient (Wildman–Crippen LogP) is 1.38. The molecule has 4 nitrogen and oxygen atoms in total. The molecule has 0 bridgehead atoms. The average Bonchev–Trinajstić information content (AvgIpc) is 3.04. The first-order valence-corrected chi connectivity index (χ1v) is 7.37. The lowest BCUT2D eigenvalue weighted by Crippen LogP contribution is -2.40. The second-order valence-electron chi connectivity index (χ2n) is 4.61. The maximum Gasteiger partial charge on any atom is 0.236 e. The lowest BCUT2D eigenvalue weighted by molar-refractivity contribution is -0.130. The van der Waals surface area contributed by atoms with Crippen LogP contribution in [0.5, 0.6) is 0 Å². The Kier molecular flexibility index (Phi) is 4.74. The Morgan fingerprint density at radius 2 is 2.44 bits per heavy atom. The molecule has 1 unspecified atom stereocenters. The summed E-state index contributed by atoms with van der Waals surface area (Å²) >= 11 is 1.57. The van der Waals surface area contributed by atoms with Crippen LogP contribution in [0.4, 0.5) is 0 Å². The lowest BCUT2D eigenvalue weighted by Gasteiger charge is -2.21. The number of aliphatic hydroxyl groups is 1. The zero-order chi connectivity index (χ0) is 13.0. The highest BCUT2D eigenvalue weighted by Gasteiger charge is 2.30. The number of nitrogens with zero attached hydrogens (tertiary/aromatic N) is 1. The molecule has 1 fully saturated rings. The average molecular weight is 268 g/mol. The molecule has 1 aromatic heterocycles. The molecule has 100 valence electrons. The highest BCUT2D eigenvalue weighted by molar-refractivity contribution is 7.07. The highest BCUT2D eigenvalue weighted by Crippen LogP contribution is 2.26. The van der Waals surface area contributed by atoms with E-state index in [0.717, 1.165) is 24.9 Å². The normalized spacial score (nSPS) is 16.6. The van der Waals surface area contributed by atoms with Gasteiger partial charge in [0.05, 0.1) is 12.6 Å². The molecule has 1 heterocycles. The molecule has 1 aliphatic carbocycles. The first-order valence-electron chi connectivity index (χ1n) is 6.42. The lowest BCUT2D eigenvalue weighted by atomic mass is 10.2. The van der Waals surface area contributed by atoms with Crippen molar-refractivity contribution in [1.82, 2.24) is 10.2 Å². The minimum Gasteiger partial charge on any atom is -0.387 e. The van der Waals surface area contributed by atoms with Crippen LogP contribution < -0.4 is 5.32 Å². The topological polar surface area (TPSA) is 52.6 Å². The van der Waals surface area contributed by atoms with Gasteiger partial charge in [0.25, 0.3) is 0 Å². The molecule has 1 aliphatic rings. The fourth-order valence-electron chi connectivity index (χ4n) is 2.02. The van der Waals surface area contributed by atoms with Crippen LogP contribution in [-0.2, 0) is 4.79 Å². The van der Waals surface area contributed by atoms with Crippen LogP contribution in [-0.4, -0.2) is 41.6 Å². The van der Waals surface area contributed by atoms with Crippen molar-refractivity contribution < 1.29 is 9.90 Å². The number of aliphatic hydroxyl groups excluding tert-OH is 1. The van der Waals surface area contributed by atoms with Gasteiger partial charge >= 0.3 is 0 Å². The summed E-state index contributed by atoms with van der Waals surface area (Å²) in [5.74, 6) is 0.137. The Morgan fingerprint density at radius 1 is 1.67 bits per heavy atom. The van der Waals surface area contributed by atoms with E-state index in [2.05, 4.69) is 5.32 Å². The number of carbonyl (C=O) groups is 1. The predicted molar refractivity (Wildman–Crippen MR) is 72.6 cm³/mol. The van der Waals surface area contributed by atoms with E-state index >= 15 is 0 Å². The quantitative estimate of drug-likeness (QED) is 0.785. The van der Waals surface area contributed by atoms with E-state index in [9.17, 15) is 9.90 Å². The van der Waals surface area contributed by atoms with Gasteiger partial charge in [-0.05, 0) is 42.2 Å². The highest BCUT2D eigenvalue weighted by atomic mass is 32.1. The molecule has 2 N–H and O–H groups in total. The maximum atomic E-state index is 11.9. The Morgan fingerprint density at radius 3 is 3.00 bits per heavy atom. The van der Waals surface area contributed by atoms with Crippen molar-refractivity contribution in [2.24, 2.45) is 0 Å². The number of likely N-dealkylation sites (N-methyl/N-ethyl adjacent to an activating group) is 1. The van der Waals surface area contributed by atoms with Gasteiger partial charge in [0.15, 0.2) is 0 Å². The molecule has 5 heteroatoms. The van der Waals surface area contributed by atoms with E-state index in [1.165, 1.54) is 0 Å². The fourth-order valence-corrected chi connectivity index (χ4v) is 2.73. The summed E-state index contributed by atoms with van der Waals surface area (Å²) in [5.41, 5.74) is 0.912. The van der Waals surface area contributed by atoms with E-state index in [-0.39, 0.29) is 5.91 Å². The van der Waals surface area contributed by atoms with Gasteiger partial charge in [-0.15, -0.1) is 0 Å². The smallest absolute Gasteiger partial charge is 0.236 e. The third-order valence-corrected chi connectivity index (χ3v) is 3.89. The van der Waals surface area contributed by atoms with Crippen molar-refractivity contribution in [1.29, 1.82) is 0 Å². The van der Waals surface area contributed by atoms with E-state index in [1.807, 2.05) is 28.7 Å². The van der Waals surface area contributed by atoms with Crippen LogP contribution in [0.3, 0.4) is 0 Å². The summed E-state index contributed by atoms with van der Waals surface area (Å²) in [4.78, 5) is 13.8. The first-order chi connectivity index (χ1) is 8.72. The van der Waals surface area contributed by atoms with Gasteiger partial charge in [0.1, 0.15) is 0 Å². The molecule has 1 amide bonds. The molecular formula is C13H20N2O2S. The summed E-state index contributed by atoms with van der Waals surface area (Å²) in [7, 11) is 0. The molecule has 0 aromatic carbocycles. The molecule has 1 atom stereocenters. The van der Waals surface area contributed by atoms with Gasteiger partial charge in [0, 0.05) is 19.1 Å². The van der Waals surface area contributed by atoms with Crippen LogP contribution in [0.2, 0.25) is 0 Å². The molecule has 0 radical (unpaired) electrons. The van der Waals surface area contributed by atoms with E-state index < -0.39 is 6.10 Å². The second-order valence-corrected chi connectivity index (χ2v) is 5.39. The number of rotatable bonds is 7. The first kappa shape index (κ1) is 13.5. The monoisotopic (exact) mass is 268 g/mol. The fraction of sp³-hybridized carbons (Fsp3) is 0.615. The number of carbonyl (C=O) groups excluding carboxylic acids is 1. The number of nitrogens with one attached hydrogen (secondary N) is 1. The van der Waals surface area contributed by atoms with Gasteiger partial charge < -0.3 is 15.3 Å². The molecule has 18 heavy (non-hydrogen) atoms. The van der Waals surface area contributed by atoms with E-state index in [0.29, 0.717) is 19.1 Å². The van der Waals surface area contributed by atoms with Crippen molar-refractivity contribution in [2.45, 2.75) is 31.9 Å². The minimum atomic E-state index is -0.528. The Balaban J connectivity index is 1.69. The van der Waals surface area contributed by atoms with E-state index in [1.54, 1.807) is 11.3 Å². The SMILES string of the molecule is CCN(C(=O)CNCC(O)c1ccsc1)C1CC1. The standard InChI is InChI=1S/C13H20N2O2S/c1-2-15(11-3-4-11)13(17)8-14-7-12(16)10-5-6-18-9-10/h5-6,9,11-12,14,16H,2-4,7-8H2,1H3. The number of hydrogen-bond acceptors (Lipinski definition) is 4. The summed E-state index contributed by atoms with van der Waals surface area (Å²) < 4.78 is 0. The van der Waals surface area contributed by atoms with Crippen molar-refractivity contribution in [2.75, 3.05) is 19.6 Å². The van der Waals surface area contributed by atoms with Gasteiger partial charge in [-0.25, -0.2) is 0 Å². The van der Waals surface area contributed by atoms with Crippen LogP contribution in [0, 0.1) is 0 Å². The van der Waals surface area contributed by atoms with Crippen LogP contribution in [0.1, 0.15) is 31.4 Å². The van der Waals surface area contributed by atoms with E-state index in [4.69, 9.17) is 0 Å². The van der Waals surface area contributed by atoms with Crippen LogP contribution in [0.25, 0.3) is 0 Å². The van der Waals surface area contributed by atoms with Crippen LogP contribution in [0.15, 0.2) is 16.8 Å². The molecular weight excluding hydrogens is 248 g/mol. The summed E-state index contributed by atoms with van der Waals surface area (Å²) in [6.45, 7) is 3.52. The minimum absolute atomic E-state index is 0.137. The summed E-state index contributed by atoms with van der Waals surface area (Å²) in [6, 6.07) is 2.37. The van der Waals surface area contributed by atoms with Crippen molar-refractivity contribution in [3.63, 3.8) is 0 Å². The van der Waals surface area contributed by atoms with Crippen molar-refractivity contribution in [3.8, 4) is 0 Å². The molecule has 0 saturated heterocycles. The Labute approximate surface area is 112 Å². The third-order valence-electron chi connectivity index (χ3n) is 3.19. The molecule has 0 spiro atoms. The molecule has 1 saturated carbocycles. The molecule has 1 aromatic rings. The largest absolute Gasteiger partial charge is 0.387 e. The molecule has 2 rings (SSSR count). The maximum absolute atomic E-state index is 11.9. The number of amides is 1. The zero-order valence-corrected chi connectivity index (χ0v) is 11.4. The van der Waals surface area contributed by atoms with Crippen LogP contribution >= 0.6 is 11.3 Å². The molecule has 0 aliphatic heterocycles. The second kappa shape index (κ2) is 6.31. The Hall–Kier alpha value is -0.910. The number of thiophene rings is 1. The zero-order valence-electron chi connectivity index (χ0n) is 10.6. The van der Waals surface area contributed by atoms with Gasteiger partial charge in [0.2, 0.25) is 5.91 Å². The van der Waals surface area contributed by atoms with Crippen molar-refractivity contribution >= 4 is 17.2 Å². The summed E-state index contributed by atoms with van der Waals surface area (Å²) in [5, 5.41) is 16.8.